The Morgan fingerprint density at radius 2 is 1.82 bits per heavy atom. The fraction of sp³-hybridized carbons (Fsp3) is 0.263. The van der Waals surface area contributed by atoms with Crippen molar-refractivity contribution in [3.8, 4) is 11.8 Å². The van der Waals surface area contributed by atoms with Crippen LogP contribution in [0.3, 0.4) is 0 Å². The molecule has 0 atom stereocenters. The molecular weight excluding hydrogens is 446 g/mol. The normalized spacial score (nSPS) is 15.1. The number of piperazine rings is 1. The summed E-state index contributed by atoms with van der Waals surface area (Å²) in [5, 5.41) is 9.06. The largest absolute Gasteiger partial charge is 0.482 e. The van der Waals surface area contributed by atoms with Crippen LogP contribution in [-0.2, 0) is 14.8 Å². The van der Waals surface area contributed by atoms with Gasteiger partial charge < -0.3 is 9.64 Å². The van der Waals surface area contributed by atoms with Crippen molar-refractivity contribution in [3.63, 3.8) is 0 Å². The minimum absolute atomic E-state index is 0.197. The summed E-state index contributed by atoms with van der Waals surface area (Å²) >= 11 is 3.28. The third-order valence-corrected chi connectivity index (χ3v) is 6.77. The molecule has 1 heterocycles. The molecule has 2 aromatic rings. The summed E-state index contributed by atoms with van der Waals surface area (Å²) in [5.41, 5.74) is 0.361. The van der Waals surface area contributed by atoms with E-state index in [0.29, 0.717) is 15.8 Å². The van der Waals surface area contributed by atoms with Gasteiger partial charge in [0, 0.05) is 30.7 Å². The molecule has 3 rings (SSSR count). The van der Waals surface area contributed by atoms with E-state index in [1.807, 2.05) is 6.07 Å². The predicted molar refractivity (Wildman–Crippen MR) is 106 cm³/mol. The Balaban J connectivity index is 1.57. The van der Waals surface area contributed by atoms with Gasteiger partial charge in [0.15, 0.2) is 6.61 Å². The predicted octanol–water partition coefficient (Wildman–Crippen LogP) is 2.23. The van der Waals surface area contributed by atoms with Gasteiger partial charge in [-0.05, 0) is 30.3 Å². The molecule has 0 bridgehead atoms. The van der Waals surface area contributed by atoms with Gasteiger partial charge in [0.25, 0.3) is 5.91 Å². The van der Waals surface area contributed by atoms with Crippen LogP contribution >= 0.6 is 15.9 Å². The number of para-hydroxylation sites is 1. The van der Waals surface area contributed by atoms with Gasteiger partial charge in [0.2, 0.25) is 10.0 Å². The van der Waals surface area contributed by atoms with Crippen molar-refractivity contribution in [2.24, 2.45) is 0 Å². The fourth-order valence-corrected chi connectivity index (χ4v) is 4.89. The Bertz CT molecular complexity index is 1010. The summed E-state index contributed by atoms with van der Waals surface area (Å²) < 4.78 is 33.0. The molecule has 0 N–H and O–H groups in total. The number of nitrogens with zero attached hydrogens (tertiary/aromatic N) is 3. The zero-order valence-corrected chi connectivity index (χ0v) is 17.3. The number of hydrogen-bond donors (Lipinski definition) is 0. The van der Waals surface area contributed by atoms with Crippen molar-refractivity contribution in [1.82, 2.24) is 9.21 Å². The second-order valence-corrected chi connectivity index (χ2v) is 8.99. The summed E-state index contributed by atoms with van der Waals surface area (Å²) in [5.74, 6) is 0.112. The van der Waals surface area contributed by atoms with Crippen molar-refractivity contribution >= 4 is 31.9 Å². The molecule has 9 heteroatoms. The van der Waals surface area contributed by atoms with Crippen LogP contribution in [0.2, 0.25) is 0 Å². The van der Waals surface area contributed by atoms with E-state index in [4.69, 9.17) is 10.00 Å². The first-order valence-corrected chi connectivity index (χ1v) is 10.8. The SMILES string of the molecule is N#Cc1ccccc1OCC(=O)N1CCN(S(=O)(=O)c2cccc(Br)c2)CC1. The smallest absolute Gasteiger partial charge is 0.260 e. The highest BCUT2D eigenvalue weighted by atomic mass is 79.9. The average molecular weight is 464 g/mol. The van der Waals surface area contributed by atoms with Crippen molar-refractivity contribution in [2.45, 2.75) is 4.90 Å². The van der Waals surface area contributed by atoms with E-state index in [1.165, 1.54) is 4.31 Å². The van der Waals surface area contributed by atoms with Gasteiger partial charge >= 0.3 is 0 Å². The monoisotopic (exact) mass is 463 g/mol. The molecule has 0 aliphatic carbocycles. The van der Waals surface area contributed by atoms with Gasteiger partial charge in [-0.3, -0.25) is 4.79 Å². The van der Waals surface area contributed by atoms with Crippen LogP contribution in [0.4, 0.5) is 0 Å². The lowest BCUT2D eigenvalue weighted by molar-refractivity contribution is -0.134. The minimum atomic E-state index is -3.60. The molecule has 0 radical (unpaired) electrons. The van der Waals surface area contributed by atoms with Crippen molar-refractivity contribution in [1.29, 1.82) is 5.26 Å². The standard InChI is InChI=1S/C19H18BrN3O4S/c20-16-5-3-6-17(12-16)28(25,26)23-10-8-22(9-11-23)19(24)14-27-18-7-2-1-4-15(18)13-21/h1-7,12H,8-11,14H2. The van der Waals surface area contributed by atoms with Crippen LogP contribution in [0.25, 0.3) is 0 Å². The van der Waals surface area contributed by atoms with Crippen molar-refractivity contribution in [2.75, 3.05) is 32.8 Å². The fourth-order valence-electron chi connectivity index (χ4n) is 2.87. The van der Waals surface area contributed by atoms with Crippen LogP contribution in [0.15, 0.2) is 57.9 Å². The highest BCUT2D eigenvalue weighted by Crippen LogP contribution is 2.21. The number of sulfonamides is 1. The Morgan fingerprint density at radius 1 is 1.11 bits per heavy atom. The second kappa shape index (κ2) is 8.73. The van der Waals surface area contributed by atoms with Crippen molar-refractivity contribution < 1.29 is 17.9 Å². The second-order valence-electron chi connectivity index (χ2n) is 6.14. The van der Waals surface area contributed by atoms with E-state index in [1.54, 1.807) is 53.4 Å². The van der Waals surface area contributed by atoms with Gasteiger partial charge in [-0.25, -0.2) is 8.42 Å². The van der Waals surface area contributed by atoms with E-state index in [-0.39, 0.29) is 43.6 Å². The molecular formula is C19H18BrN3O4S. The summed E-state index contributed by atoms with van der Waals surface area (Å²) in [6.45, 7) is 0.812. The Morgan fingerprint density at radius 3 is 2.50 bits per heavy atom. The van der Waals surface area contributed by atoms with Crippen LogP contribution in [-0.4, -0.2) is 56.3 Å². The van der Waals surface area contributed by atoms with E-state index in [0.717, 1.165) is 0 Å². The molecule has 7 nitrogen and oxygen atoms in total. The van der Waals surface area contributed by atoms with Crippen LogP contribution in [0, 0.1) is 11.3 Å². The highest BCUT2D eigenvalue weighted by Gasteiger charge is 2.30. The Labute approximate surface area is 172 Å². The third kappa shape index (κ3) is 4.52. The van der Waals surface area contributed by atoms with Gasteiger partial charge in [0.1, 0.15) is 11.8 Å². The molecule has 0 spiro atoms. The molecule has 1 fully saturated rings. The van der Waals surface area contributed by atoms with E-state index in [9.17, 15) is 13.2 Å². The number of hydrogen-bond acceptors (Lipinski definition) is 5. The first-order chi connectivity index (χ1) is 13.4. The Hall–Kier alpha value is -2.41. The van der Waals surface area contributed by atoms with Crippen LogP contribution in [0.1, 0.15) is 5.56 Å². The highest BCUT2D eigenvalue weighted by molar-refractivity contribution is 9.10. The number of nitriles is 1. The first kappa shape index (κ1) is 20.3. The zero-order valence-electron chi connectivity index (χ0n) is 14.9. The zero-order chi connectivity index (χ0) is 20.1. The van der Waals surface area contributed by atoms with Crippen LogP contribution < -0.4 is 4.74 Å². The van der Waals surface area contributed by atoms with Gasteiger partial charge in [-0.1, -0.05) is 34.1 Å². The number of ether oxygens (including phenoxy) is 1. The average Bonchev–Trinajstić information content (AvgIpc) is 2.72. The number of carbonyl (C=O) groups excluding carboxylic acids is 1. The summed E-state index contributed by atoms with van der Waals surface area (Å²) in [7, 11) is -3.60. The van der Waals surface area contributed by atoms with Gasteiger partial charge in [-0.2, -0.15) is 9.57 Å². The summed E-state index contributed by atoms with van der Waals surface area (Å²) in [4.78, 5) is 14.2. The van der Waals surface area contributed by atoms with E-state index in [2.05, 4.69) is 15.9 Å². The molecule has 146 valence electrons. The number of amides is 1. The molecule has 1 aliphatic rings. The Kier molecular flexibility index (Phi) is 6.34. The first-order valence-electron chi connectivity index (χ1n) is 8.57. The number of carbonyl (C=O) groups is 1. The van der Waals surface area contributed by atoms with E-state index >= 15 is 0 Å². The summed E-state index contributed by atoms with van der Waals surface area (Å²) in [6.07, 6.45) is 0. The summed E-state index contributed by atoms with van der Waals surface area (Å²) in [6, 6.07) is 15.3. The molecule has 0 saturated carbocycles. The maximum absolute atomic E-state index is 12.7. The minimum Gasteiger partial charge on any atom is -0.482 e. The van der Waals surface area contributed by atoms with Gasteiger partial charge in [-0.15, -0.1) is 0 Å². The van der Waals surface area contributed by atoms with E-state index < -0.39 is 10.0 Å². The number of rotatable bonds is 5. The maximum atomic E-state index is 12.7. The maximum Gasteiger partial charge on any atom is 0.260 e. The third-order valence-electron chi connectivity index (χ3n) is 4.38. The lowest BCUT2D eigenvalue weighted by Gasteiger charge is -2.34. The lowest BCUT2D eigenvalue weighted by Crippen LogP contribution is -2.51. The van der Waals surface area contributed by atoms with Crippen molar-refractivity contribution in [3.05, 3.63) is 58.6 Å². The molecule has 0 unspecified atom stereocenters. The molecule has 0 aromatic heterocycles. The molecule has 1 aliphatic heterocycles. The molecule has 1 saturated heterocycles. The number of benzene rings is 2. The molecule has 28 heavy (non-hydrogen) atoms. The molecule has 1 amide bonds. The number of halogens is 1. The van der Waals surface area contributed by atoms with Crippen LogP contribution in [0.5, 0.6) is 5.75 Å². The quantitative estimate of drug-likeness (QED) is 0.677. The lowest BCUT2D eigenvalue weighted by atomic mass is 10.2. The van der Waals surface area contributed by atoms with Gasteiger partial charge in [0.05, 0.1) is 10.5 Å². The topological polar surface area (TPSA) is 90.7 Å². The molecule has 2 aromatic carbocycles.